The van der Waals surface area contributed by atoms with Gasteiger partial charge in [0.2, 0.25) is 0 Å². The van der Waals surface area contributed by atoms with Crippen LogP contribution in [0.3, 0.4) is 0 Å². The monoisotopic (exact) mass is 668 g/mol. The Balaban J connectivity index is 6.38. The molecule has 41 heavy (non-hydrogen) atoms. The van der Waals surface area contributed by atoms with E-state index in [-0.39, 0.29) is 0 Å². The third kappa shape index (κ3) is 9.21. The molecule has 0 saturated carbocycles. The highest BCUT2D eigenvalue weighted by molar-refractivity contribution is 7.87. The van der Waals surface area contributed by atoms with E-state index in [2.05, 4.69) is 14.2 Å². The molecule has 8 nitrogen and oxygen atoms in total. The van der Waals surface area contributed by atoms with Crippen LogP contribution in [-0.4, -0.2) is 79.3 Å². The predicted molar refractivity (Wildman–Crippen MR) is 93.3 cm³/mol. The van der Waals surface area contributed by atoms with E-state index in [0.29, 0.717) is 0 Å². The summed E-state index contributed by atoms with van der Waals surface area (Å²) < 4.78 is 246. The maximum absolute atomic E-state index is 13.7. The molecule has 25 heteroatoms. The first-order valence-electron chi connectivity index (χ1n) is 9.53. The molecule has 0 aliphatic rings. The van der Waals surface area contributed by atoms with E-state index >= 15 is 0 Å². The van der Waals surface area contributed by atoms with Crippen LogP contribution in [0.4, 0.5) is 70.2 Å². The van der Waals surface area contributed by atoms with Gasteiger partial charge in [0.15, 0.2) is 0 Å². The fraction of sp³-hybridized carbons (Fsp3) is 0.750. The molecular formula is C16H12F16O8S. The zero-order valence-corrected chi connectivity index (χ0v) is 19.7. The normalized spacial score (nSPS) is 15.9. The van der Waals surface area contributed by atoms with Crippen molar-refractivity contribution in [2.45, 2.75) is 67.0 Å². The van der Waals surface area contributed by atoms with Crippen LogP contribution in [-0.2, 0) is 33.9 Å². The molecule has 1 N–H and O–H groups in total. The molecule has 0 rings (SSSR count). The molecule has 0 aromatic heterocycles. The predicted octanol–water partition coefficient (Wildman–Crippen LogP) is 5.25. The number of alkyl halides is 16. The van der Waals surface area contributed by atoms with Crippen LogP contribution in [0.2, 0.25) is 0 Å². The highest BCUT2D eigenvalue weighted by atomic mass is 32.2. The lowest BCUT2D eigenvalue weighted by Gasteiger charge is -2.34. The summed E-state index contributed by atoms with van der Waals surface area (Å²) in [6.45, 7) is -0.189. The Morgan fingerprint density at radius 2 is 1.22 bits per heavy atom. The molecule has 0 bridgehead atoms. The first-order valence-corrected chi connectivity index (χ1v) is 11.0. The van der Waals surface area contributed by atoms with Crippen LogP contribution in [0.25, 0.3) is 0 Å². The van der Waals surface area contributed by atoms with Crippen molar-refractivity contribution in [3.05, 3.63) is 12.2 Å². The Hall–Kier alpha value is -2.57. The number of carbonyl (C=O) groups is 2. The topological polar surface area (TPSA) is 116 Å². The van der Waals surface area contributed by atoms with Crippen LogP contribution < -0.4 is 0 Å². The van der Waals surface area contributed by atoms with Gasteiger partial charge in [-0.15, -0.1) is 0 Å². The summed E-state index contributed by atoms with van der Waals surface area (Å²) in [7, 11) is -6.79. The smallest absolute Gasteiger partial charge is 0.438 e. The Morgan fingerprint density at radius 1 is 0.780 bits per heavy atom. The summed E-state index contributed by atoms with van der Waals surface area (Å²) in [5, 5.41) is -6.20. The largest absolute Gasteiger partial charge is 0.468 e. The number of unbranched alkanes of at least 4 members (excludes halogenated alkanes) is 1. The highest BCUT2D eigenvalue weighted by Crippen LogP contribution is 2.43. The zero-order chi connectivity index (χ0) is 33.3. The van der Waals surface area contributed by atoms with Crippen molar-refractivity contribution in [2.24, 2.45) is 0 Å². The molecule has 0 spiro atoms. The van der Waals surface area contributed by atoms with Crippen LogP contribution in [0.5, 0.6) is 0 Å². The quantitative estimate of drug-likeness (QED) is 0.0750. The Kier molecular flexibility index (Phi) is 11.2. The van der Waals surface area contributed by atoms with Gasteiger partial charge in [0, 0.05) is 6.42 Å². The average Bonchev–Trinajstić information content (AvgIpc) is 2.71. The molecule has 0 saturated heterocycles. The molecule has 1 unspecified atom stereocenters. The second kappa shape index (κ2) is 12.0. The van der Waals surface area contributed by atoms with E-state index in [1.165, 1.54) is 0 Å². The molecule has 0 fully saturated rings. The zero-order valence-electron chi connectivity index (χ0n) is 18.9. The molecule has 242 valence electrons. The molecule has 1 atom stereocenters. The fourth-order valence-corrected chi connectivity index (χ4v) is 2.68. The summed E-state index contributed by atoms with van der Waals surface area (Å²) in [4.78, 5) is 23.4. The number of hydrogen-bond donors (Lipinski definition) is 1. The van der Waals surface area contributed by atoms with Gasteiger partial charge in [-0.2, -0.15) is 78.7 Å². The summed E-state index contributed by atoms with van der Waals surface area (Å²) in [5.74, 6) is -18.9. The molecule has 0 heterocycles. The Morgan fingerprint density at radius 3 is 1.56 bits per heavy atom. The van der Waals surface area contributed by atoms with Crippen molar-refractivity contribution in [1.82, 2.24) is 0 Å². The van der Waals surface area contributed by atoms with Crippen molar-refractivity contribution in [2.75, 3.05) is 6.61 Å². The molecule has 0 amide bonds. The molecule has 0 aromatic rings. The van der Waals surface area contributed by atoms with Gasteiger partial charge in [0.05, 0.1) is 6.61 Å². The third-order valence-corrected chi connectivity index (χ3v) is 5.17. The number of halogens is 16. The molecule has 0 aliphatic heterocycles. The average molecular weight is 668 g/mol. The summed E-state index contributed by atoms with van der Waals surface area (Å²) in [6.07, 6.45) is -37.3. The van der Waals surface area contributed by atoms with E-state index in [4.69, 9.17) is 4.55 Å². The second-order valence-electron chi connectivity index (χ2n) is 7.35. The van der Waals surface area contributed by atoms with Gasteiger partial charge in [-0.3, -0.25) is 4.55 Å². The van der Waals surface area contributed by atoms with E-state index in [1.54, 1.807) is 0 Å². The standard InChI is InChI=1S/C16H12F16O8S/c1-6(12(19,20)21)7(33)40-11(15(28,29)30,9(34)39-8(13(22,23)24)14(25,26)27)38-5-3-2-4-10(17,18)16(31,32)41(35,36)37/h8H,1-5H2,(H,35,36,37). The Labute approximate surface area is 215 Å². The van der Waals surface area contributed by atoms with Gasteiger partial charge in [-0.05, 0) is 12.8 Å². The number of hydrogen-bond acceptors (Lipinski definition) is 7. The van der Waals surface area contributed by atoms with Crippen LogP contribution in [0.15, 0.2) is 12.2 Å². The van der Waals surface area contributed by atoms with Crippen LogP contribution in [0.1, 0.15) is 19.3 Å². The number of ether oxygens (including phenoxy) is 3. The fourth-order valence-electron chi connectivity index (χ4n) is 2.20. The molecule has 0 aliphatic carbocycles. The summed E-state index contributed by atoms with van der Waals surface area (Å²) in [6, 6.07) is 0. The van der Waals surface area contributed by atoms with Gasteiger partial charge in [0.25, 0.3) is 6.10 Å². The van der Waals surface area contributed by atoms with Gasteiger partial charge in [0.1, 0.15) is 5.57 Å². The highest BCUT2D eigenvalue weighted by Gasteiger charge is 2.71. The van der Waals surface area contributed by atoms with E-state index < -0.39 is 101 Å². The summed E-state index contributed by atoms with van der Waals surface area (Å²) in [5.41, 5.74) is -2.93. The van der Waals surface area contributed by atoms with Gasteiger partial charge < -0.3 is 14.2 Å². The third-order valence-electron chi connectivity index (χ3n) is 4.23. The number of esters is 2. The lowest BCUT2D eigenvalue weighted by molar-refractivity contribution is -0.369. The second-order valence-corrected chi connectivity index (χ2v) is 8.81. The first kappa shape index (κ1) is 38.4. The minimum absolute atomic E-state index is 1.54. The maximum Gasteiger partial charge on any atom is 0.468 e. The van der Waals surface area contributed by atoms with Crippen molar-refractivity contribution in [1.29, 1.82) is 0 Å². The number of carbonyl (C=O) groups excluding carboxylic acids is 2. The van der Waals surface area contributed by atoms with Gasteiger partial charge in [-0.1, -0.05) is 6.58 Å². The lowest BCUT2D eigenvalue weighted by Crippen LogP contribution is -2.61. The maximum atomic E-state index is 13.7. The SMILES string of the molecule is C=C(C(=O)OC(OCCCCC(F)(F)C(F)(F)S(=O)(=O)O)(C(=O)OC(C(F)(F)F)C(F)(F)F)C(F)(F)F)C(F)(F)F. The minimum atomic E-state index is -6.89. The number of rotatable bonds is 12. The summed E-state index contributed by atoms with van der Waals surface area (Å²) >= 11 is 0. The minimum Gasteiger partial charge on any atom is -0.438 e. The van der Waals surface area contributed by atoms with Crippen molar-refractivity contribution in [3.63, 3.8) is 0 Å². The van der Waals surface area contributed by atoms with Crippen molar-refractivity contribution in [3.8, 4) is 0 Å². The molecular weight excluding hydrogens is 656 g/mol. The van der Waals surface area contributed by atoms with E-state index in [9.17, 15) is 88.3 Å². The molecule has 0 radical (unpaired) electrons. The molecule has 0 aromatic carbocycles. The van der Waals surface area contributed by atoms with Crippen LogP contribution in [0, 0.1) is 0 Å². The van der Waals surface area contributed by atoms with Crippen molar-refractivity contribution >= 4 is 22.1 Å². The first-order chi connectivity index (χ1) is 17.8. The Bertz CT molecular complexity index is 1060. The van der Waals surface area contributed by atoms with Crippen LogP contribution >= 0.6 is 0 Å². The van der Waals surface area contributed by atoms with Crippen molar-refractivity contribution < 1.29 is 107 Å². The van der Waals surface area contributed by atoms with E-state index in [1.807, 2.05) is 6.58 Å². The van der Waals surface area contributed by atoms with E-state index in [0.717, 1.165) is 0 Å². The van der Waals surface area contributed by atoms with Gasteiger partial charge >= 0.3 is 63.7 Å². The lowest BCUT2D eigenvalue weighted by atomic mass is 10.1. The van der Waals surface area contributed by atoms with Gasteiger partial charge in [-0.25, -0.2) is 9.59 Å².